The zero-order valence-corrected chi connectivity index (χ0v) is 9.52. The minimum Gasteiger partial charge on any atom is -0.338 e. The Morgan fingerprint density at radius 1 is 1.24 bits per heavy atom. The number of carbonyl (C=O) groups excluding carboxylic acids is 1. The zero-order chi connectivity index (χ0) is 12.9. The standard InChI is InChI=1S/C10H18F3N3O/c11-10(12,13)6-16-9(17)15-5-7-3-1-2-4-8(7)14/h7-8H,1-6,14H2,(H2,15,16,17). The average molecular weight is 253 g/mol. The van der Waals surface area contributed by atoms with Gasteiger partial charge in [-0.1, -0.05) is 12.8 Å². The molecule has 1 fully saturated rings. The van der Waals surface area contributed by atoms with Gasteiger partial charge in [0, 0.05) is 12.6 Å². The Bertz CT molecular complexity index is 258. The predicted octanol–water partition coefficient (Wildman–Crippen LogP) is 1.37. The van der Waals surface area contributed by atoms with Gasteiger partial charge in [0.05, 0.1) is 0 Å². The van der Waals surface area contributed by atoms with E-state index in [4.69, 9.17) is 5.73 Å². The van der Waals surface area contributed by atoms with Crippen LogP contribution in [0.5, 0.6) is 0 Å². The van der Waals surface area contributed by atoms with Crippen molar-refractivity contribution in [2.24, 2.45) is 11.7 Å². The number of carbonyl (C=O) groups is 1. The normalized spacial score (nSPS) is 25.4. The van der Waals surface area contributed by atoms with Gasteiger partial charge in [-0.15, -0.1) is 0 Å². The predicted molar refractivity (Wildman–Crippen MR) is 57.4 cm³/mol. The minimum atomic E-state index is -4.38. The summed E-state index contributed by atoms with van der Waals surface area (Å²) >= 11 is 0. The quantitative estimate of drug-likeness (QED) is 0.711. The van der Waals surface area contributed by atoms with Gasteiger partial charge in [0.2, 0.25) is 0 Å². The van der Waals surface area contributed by atoms with Gasteiger partial charge in [0.25, 0.3) is 0 Å². The molecule has 2 atom stereocenters. The lowest BCUT2D eigenvalue weighted by molar-refractivity contribution is -0.122. The highest BCUT2D eigenvalue weighted by atomic mass is 19.4. The molecule has 0 spiro atoms. The summed E-state index contributed by atoms with van der Waals surface area (Å²) in [5.41, 5.74) is 5.86. The number of rotatable bonds is 3. The van der Waals surface area contributed by atoms with Crippen molar-refractivity contribution in [1.82, 2.24) is 10.6 Å². The maximum absolute atomic E-state index is 11.8. The molecule has 0 aromatic carbocycles. The Morgan fingerprint density at radius 2 is 1.88 bits per heavy atom. The van der Waals surface area contributed by atoms with Crippen molar-refractivity contribution < 1.29 is 18.0 Å². The summed E-state index contributed by atoms with van der Waals surface area (Å²) in [5.74, 6) is 0.167. The first-order valence-electron chi connectivity index (χ1n) is 5.72. The molecule has 0 radical (unpaired) electrons. The van der Waals surface area contributed by atoms with Crippen molar-refractivity contribution in [1.29, 1.82) is 0 Å². The molecule has 0 saturated heterocycles. The van der Waals surface area contributed by atoms with E-state index in [1.807, 2.05) is 0 Å². The van der Waals surface area contributed by atoms with Gasteiger partial charge in [-0.2, -0.15) is 13.2 Å². The second-order valence-electron chi connectivity index (χ2n) is 4.39. The van der Waals surface area contributed by atoms with Gasteiger partial charge >= 0.3 is 12.2 Å². The van der Waals surface area contributed by atoms with Crippen molar-refractivity contribution in [3.63, 3.8) is 0 Å². The van der Waals surface area contributed by atoms with Gasteiger partial charge in [-0.05, 0) is 18.8 Å². The topological polar surface area (TPSA) is 67.1 Å². The lowest BCUT2D eigenvalue weighted by Crippen LogP contribution is -2.46. The Morgan fingerprint density at radius 3 is 2.47 bits per heavy atom. The number of urea groups is 1. The smallest absolute Gasteiger partial charge is 0.338 e. The van der Waals surface area contributed by atoms with Crippen LogP contribution in [-0.2, 0) is 0 Å². The van der Waals surface area contributed by atoms with Crippen molar-refractivity contribution in [3.8, 4) is 0 Å². The van der Waals surface area contributed by atoms with Crippen molar-refractivity contribution >= 4 is 6.03 Å². The van der Waals surface area contributed by atoms with E-state index in [9.17, 15) is 18.0 Å². The van der Waals surface area contributed by atoms with Gasteiger partial charge in [-0.3, -0.25) is 0 Å². The molecule has 0 aromatic heterocycles. The molecule has 0 bridgehead atoms. The highest BCUT2D eigenvalue weighted by molar-refractivity contribution is 5.73. The Kier molecular flexibility index (Phi) is 5.04. The highest BCUT2D eigenvalue weighted by Crippen LogP contribution is 2.22. The van der Waals surface area contributed by atoms with E-state index in [0.717, 1.165) is 25.7 Å². The Labute approximate surface area is 98.1 Å². The van der Waals surface area contributed by atoms with Crippen molar-refractivity contribution in [2.45, 2.75) is 37.9 Å². The van der Waals surface area contributed by atoms with E-state index in [1.165, 1.54) is 0 Å². The van der Waals surface area contributed by atoms with Crippen LogP contribution in [0.2, 0.25) is 0 Å². The van der Waals surface area contributed by atoms with Gasteiger partial charge < -0.3 is 16.4 Å². The number of amides is 2. The largest absolute Gasteiger partial charge is 0.405 e. The van der Waals surface area contributed by atoms with Crippen LogP contribution in [-0.4, -0.2) is 31.3 Å². The third kappa shape index (κ3) is 5.76. The Balaban J connectivity index is 2.19. The number of halogens is 3. The minimum absolute atomic E-state index is 0.0340. The van der Waals surface area contributed by atoms with E-state index in [1.54, 1.807) is 5.32 Å². The van der Waals surface area contributed by atoms with E-state index in [0.29, 0.717) is 6.54 Å². The van der Waals surface area contributed by atoms with E-state index in [2.05, 4.69) is 5.32 Å². The first-order valence-corrected chi connectivity index (χ1v) is 5.72. The number of alkyl halides is 3. The molecule has 7 heteroatoms. The summed E-state index contributed by atoms with van der Waals surface area (Å²) in [6.45, 7) is -0.972. The highest BCUT2D eigenvalue weighted by Gasteiger charge is 2.28. The average Bonchev–Trinajstić information content (AvgIpc) is 2.24. The molecule has 4 nitrogen and oxygen atoms in total. The third-order valence-electron chi connectivity index (χ3n) is 2.94. The molecule has 1 aliphatic rings. The second-order valence-corrected chi connectivity index (χ2v) is 4.39. The molecule has 1 aliphatic carbocycles. The number of hydrogen-bond donors (Lipinski definition) is 3. The van der Waals surface area contributed by atoms with Crippen molar-refractivity contribution in [3.05, 3.63) is 0 Å². The molecule has 2 amide bonds. The maximum atomic E-state index is 11.8. The van der Waals surface area contributed by atoms with Gasteiger partial charge in [0.1, 0.15) is 6.54 Å². The summed E-state index contributed by atoms with van der Waals surface area (Å²) in [4.78, 5) is 11.1. The summed E-state index contributed by atoms with van der Waals surface area (Å²) in [5, 5.41) is 4.19. The molecule has 100 valence electrons. The molecule has 1 rings (SSSR count). The second kappa shape index (κ2) is 6.09. The fraction of sp³-hybridized carbons (Fsp3) is 0.900. The molecule has 0 heterocycles. The van der Waals surface area contributed by atoms with Gasteiger partial charge in [0.15, 0.2) is 0 Å². The third-order valence-corrected chi connectivity index (χ3v) is 2.94. The zero-order valence-electron chi connectivity index (χ0n) is 9.52. The molecule has 0 aliphatic heterocycles. The van der Waals surface area contributed by atoms with Crippen LogP contribution in [0.4, 0.5) is 18.0 Å². The lowest BCUT2D eigenvalue weighted by Gasteiger charge is -2.28. The molecular formula is C10H18F3N3O. The molecule has 0 aromatic rings. The fourth-order valence-electron chi connectivity index (χ4n) is 1.96. The summed E-state index contributed by atoms with van der Waals surface area (Å²) in [6, 6.07) is -0.758. The van der Waals surface area contributed by atoms with Crippen LogP contribution in [0.15, 0.2) is 0 Å². The van der Waals surface area contributed by atoms with Crippen LogP contribution in [0.3, 0.4) is 0 Å². The van der Waals surface area contributed by atoms with Crippen LogP contribution in [0.1, 0.15) is 25.7 Å². The SMILES string of the molecule is NC1CCCCC1CNC(=O)NCC(F)(F)F. The maximum Gasteiger partial charge on any atom is 0.405 e. The van der Waals surface area contributed by atoms with E-state index in [-0.39, 0.29) is 12.0 Å². The Hall–Kier alpha value is -0.980. The fourth-order valence-corrected chi connectivity index (χ4v) is 1.96. The molecule has 17 heavy (non-hydrogen) atoms. The molecule has 4 N–H and O–H groups in total. The summed E-state index contributed by atoms with van der Waals surface area (Å²) < 4.78 is 35.4. The van der Waals surface area contributed by atoms with Crippen LogP contribution >= 0.6 is 0 Å². The van der Waals surface area contributed by atoms with Crippen molar-refractivity contribution in [2.75, 3.05) is 13.1 Å². The first kappa shape index (κ1) is 14.1. The first-order chi connectivity index (χ1) is 7.88. The number of nitrogens with two attached hydrogens (primary N) is 1. The number of hydrogen-bond acceptors (Lipinski definition) is 2. The monoisotopic (exact) mass is 253 g/mol. The van der Waals surface area contributed by atoms with Gasteiger partial charge in [-0.25, -0.2) is 4.79 Å². The van der Waals surface area contributed by atoms with E-state index < -0.39 is 18.8 Å². The lowest BCUT2D eigenvalue weighted by atomic mass is 9.85. The molecular weight excluding hydrogens is 235 g/mol. The summed E-state index contributed by atoms with van der Waals surface area (Å²) in [7, 11) is 0. The van der Waals surface area contributed by atoms with Crippen LogP contribution in [0, 0.1) is 5.92 Å². The van der Waals surface area contributed by atoms with Crippen LogP contribution in [0.25, 0.3) is 0 Å². The molecule has 2 unspecified atom stereocenters. The number of nitrogens with one attached hydrogen (secondary N) is 2. The molecule has 1 saturated carbocycles. The van der Waals surface area contributed by atoms with Crippen LogP contribution < -0.4 is 16.4 Å². The summed E-state index contributed by atoms with van der Waals surface area (Å²) in [6.07, 6.45) is -0.405. The van der Waals surface area contributed by atoms with E-state index >= 15 is 0 Å².